The molecule has 0 saturated carbocycles. The minimum Gasteiger partial charge on any atom is -0.496 e. The maximum absolute atomic E-state index is 5.28. The third-order valence-corrected chi connectivity index (χ3v) is 2.50. The lowest BCUT2D eigenvalue weighted by Crippen LogP contribution is -1.91. The quantitative estimate of drug-likeness (QED) is 0.708. The van der Waals surface area contributed by atoms with Crippen LogP contribution in [0.3, 0.4) is 0 Å². The molecule has 2 nitrogen and oxygen atoms in total. The molecule has 0 aromatic heterocycles. The molecule has 1 aromatic carbocycles. The largest absolute Gasteiger partial charge is 0.496 e. The van der Waals surface area contributed by atoms with Gasteiger partial charge < -0.3 is 9.47 Å². The van der Waals surface area contributed by atoms with Gasteiger partial charge in [-0.1, -0.05) is 12.2 Å². The van der Waals surface area contributed by atoms with Crippen molar-refractivity contribution in [3.05, 3.63) is 34.9 Å². The Balaban J connectivity index is 2.81. The predicted molar refractivity (Wildman–Crippen MR) is 68.0 cm³/mol. The zero-order valence-electron chi connectivity index (χ0n) is 10.5. The summed E-state index contributed by atoms with van der Waals surface area (Å²) in [6.45, 7) is 7.56. The summed E-state index contributed by atoms with van der Waals surface area (Å²) in [5.41, 5.74) is 3.59. The molecule has 16 heavy (non-hydrogen) atoms. The van der Waals surface area contributed by atoms with E-state index in [4.69, 9.17) is 9.47 Å². The van der Waals surface area contributed by atoms with Crippen LogP contribution in [0.4, 0.5) is 0 Å². The fourth-order valence-electron chi connectivity index (χ4n) is 1.57. The molecule has 0 amide bonds. The van der Waals surface area contributed by atoms with Crippen molar-refractivity contribution in [3.63, 3.8) is 0 Å². The van der Waals surface area contributed by atoms with Gasteiger partial charge in [0.15, 0.2) is 0 Å². The van der Waals surface area contributed by atoms with E-state index >= 15 is 0 Å². The first-order chi connectivity index (χ1) is 7.69. The van der Waals surface area contributed by atoms with Crippen molar-refractivity contribution in [2.45, 2.75) is 20.8 Å². The summed E-state index contributed by atoms with van der Waals surface area (Å²) in [7, 11) is 1.70. The van der Waals surface area contributed by atoms with Crippen molar-refractivity contribution in [2.24, 2.45) is 0 Å². The van der Waals surface area contributed by atoms with Crippen molar-refractivity contribution in [1.82, 2.24) is 0 Å². The van der Waals surface area contributed by atoms with Crippen LogP contribution in [-0.2, 0) is 4.74 Å². The van der Waals surface area contributed by atoms with Gasteiger partial charge in [0.05, 0.1) is 13.7 Å². The van der Waals surface area contributed by atoms with Crippen molar-refractivity contribution in [1.29, 1.82) is 0 Å². The van der Waals surface area contributed by atoms with Crippen LogP contribution in [0.25, 0.3) is 6.08 Å². The number of benzene rings is 1. The summed E-state index contributed by atoms with van der Waals surface area (Å²) in [6, 6.07) is 4.20. The van der Waals surface area contributed by atoms with Crippen molar-refractivity contribution >= 4 is 6.08 Å². The molecule has 0 saturated heterocycles. The van der Waals surface area contributed by atoms with Crippen LogP contribution < -0.4 is 4.74 Å². The molecule has 0 spiro atoms. The molecule has 0 aliphatic rings. The first kappa shape index (κ1) is 12.8. The summed E-state index contributed by atoms with van der Waals surface area (Å²) in [6.07, 6.45) is 4.13. The van der Waals surface area contributed by atoms with Gasteiger partial charge in [-0.05, 0) is 49.6 Å². The predicted octanol–water partition coefficient (Wildman–Crippen LogP) is 3.36. The highest BCUT2D eigenvalue weighted by Crippen LogP contribution is 2.23. The van der Waals surface area contributed by atoms with Crippen molar-refractivity contribution in [2.75, 3.05) is 20.3 Å². The van der Waals surface area contributed by atoms with Gasteiger partial charge in [-0.15, -0.1) is 0 Å². The molecule has 1 rings (SSSR count). The number of hydrogen-bond donors (Lipinski definition) is 0. The number of aryl methyl sites for hydroxylation is 2. The molecular weight excluding hydrogens is 200 g/mol. The summed E-state index contributed by atoms with van der Waals surface area (Å²) in [5.74, 6) is 0.944. The SMILES string of the molecule is CCOCC=Cc1cc(C)c(OC)cc1C. The Morgan fingerprint density at radius 3 is 2.56 bits per heavy atom. The van der Waals surface area contributed by atoms with Gasteiger partial charge in [0.1, 0.15) is 5.75 Å². The normalized spacial score (nSPS) is 11.0. The highest BCUT2D eigenvalue weighted by molar-refractivity contribution is 5.57. The van der Waals surface area contributed by atoms with Crippen LogP contribution in [0.15, 0.2) is 18.2 Å². The Hall–Kier alpha value is -1.28. The molecule has 0 unspecified atom stereocenters. The van der Waals surface area contributed by atoms with Gasteiger partial charge in [-0.25, -0.2) is 0 Å². The number of rotatable bonds is 5. The molecule has 88 valence electrons. The second kappa shape index (κ2) is 6.33. The standard InChI is InChI=1S/C14H20O2/c1-5-16-8-6-7-13-9-12(3)14(15-4)10-11(13)2/h6-7,9-10H,5,8H2,1-4H3. The third-order valence-electron chi connectivity index (χ3n) is 2.50. The van der Waals surface area contributed by atoms with Gasteiger partial charge in [0.2, 0.25) is 0 Å². The van der Waals surface area contributed by atoms with E-state index in [2.05, 4.69) is 32.1 Å². The number of hydrogen-bond acceptors (Lipinski definition) is 2. The Kier molecular flexibility index (Phi) is 5.06. The maximum atomic E-state index is 5.28. The zero-order valence-corrected chi connectivity index (χ0v) is 10.5. The molecule has 1 aromatic rings. The Morgan fingerprint density at radius 1 is 1.19 bits per heavy atom. The second-order valence-electron chi connectivity index (χ2n) is 3.74. The van der Waals surface area contributed by atoms with Crippen molar-refractivity contribution in [3.8, 4) is 5.75 Å². The molecule has 0 fully saturated rings. The van der Waals surface area contributed by atoms with Gasteiger partial charge in [0, 0.05) is 6.61 Å². The number of methoxy groups -OCH3 is 1. The maximum Gasteiger partial charge on any atom is 0.122 e. The lowest BCUT2D eigenvalue weighted by molar-refractivity contribution is 0.178. The third kappa shape index (κ3) is 3.38. The summed E-state index contributed by atoms with van der Waals surface area (Å²) in [4.78, 5) is 0. The van der Waals surface area contributed by atoms with Crippen LogP contribution >= 0.6 is 0 Å². The Labute approximate surface area is 97.9 Å². The number of ether oxygens (including phenoxy) is 2. The van der Waals surface area contributed by atoms with E-state index in [0.717, 1.165) is 17.9 Å². The Bertz CT molecular complexity index is 367. The van der Waals surface area contributed by atoms with E-state index in [9.17, 15) is 0 Å². The van der Waals surface area contributed by atoms with Crippen LogP contribution in [0.1, 0.15) is 23.6 Å². The topological polar surface area (TPSA) is 18.5 Å². The molecule has 0 bridgehead atoms. The molecule has 0 radical (unpaired) electrons. The average molecular weight is 220 g/mol. The van der Waals surface area contributed by atoms with Crippen molar-refractivity contribution < 1.29 is 9.47 Å². The van der Waals surface area contributed by atoms with Gasteiger partial charge >= 0.3 is 0 Å². The summed E-state index contributed by atoms with van der Waals surface area (Å²) < 4.78 is 10.5. The molecule has 2 heteroatoms. The summed E-state index contributed by atoms with van der Waals surface area (Å²) >= 11 is 0. The van der Waals surface area contributed by atoms with E-state index in [0.29, 0.717) is 6.61 Å². The first-order valence-electron chi connectivity index (χ1n) is 5.58. The van der Waals surface area contributed by atoms with E-state index in [-0.39, 0.29) is 0 Å². The molecule has 0 aliphatic carbocycles. The minimum absolute atomic E-state index is 0.668. The molecular formula is C14H20O2. The van der Waals surface area contributed by atoms with Gasteiger partial charge in [-0.2, -0.15) is 0 Å². The van der Waals surface area contributed by atoms with E-state index < -0.39 is 0 Å². The minimum atomic E-state index is 0.668. The van der Waals surface area contributed by atoms with E-state index in [1.54, 1.807) is 7.11 Å². The first-order valence-corrected chi connectivity index (χ1v) is 5.58. The van der Waals surface area contributed by atoms with Gasteiger partial charge in [0.25, 0.3) is 0 Å². The van der Waals surface area contributed by atoms with E-state index in [1.807, 2.05) is 13.0 Å². The monoisotopic (exact) mass is 220 g/mol. The highest BCUT2D eigenvalue weighted by atomic mass is 16.5. The summed E-state index contributed by atoms with van der Waals surface area (Å²) in [5, 5.41) is 0. The smallest absolute Gasteiger partial charge is 0.122 e. The molecule has 0 heterocycles. The lowest BCUT2D eigenvalue weighted by atomic mass is 10.0. The van der Waals surface area contributed by atoms with Crippen LogP contribution in [0.5, 0.6) is 5.75 Å². The fraction of sp³-hybridized carbons (Fsp3) is 0.429. The van der Waals surface area contributed by atoms with Gasteiger partial charge in [-0.3, -0.25) is 0 Å². The zero-order chi connectivity index (χ0) is 12.0. The molecule has 0 aliphatic heterocycles. The van der Waals surface area contributed by atoms with Crippen LogP contribution in [-0.4, -0.2) is 20.3 Å². The van der Waals surface area contributed by atoms with Crippen LogP contribution in [0.2, 0.25) is 0 Å². The second-order valence-corrected chi connectivity index (χ2v) is 3.74. The average Bonchev–Trinajstić information content (AvgIpc) is 2.28. The fourth-order valence-corrected chi connectivity index (χ4v) is 1.57. The lowest BCUT2D eigenvalue weighted by Gasteiger charge is -2.08. The molecule has 0 N–H and O–H groups in total. The van der Waals surface area contributed by atoms with E-state index in [1.165, 1.54) is 11.1 Å². The van der Waals surface area contributed by atoms with Crippen LogP contribution in [0, 0.1) is 13.8 Å². The highest BCUT2D eigenvalue weighted by Gasteiger charge is 2.01. The Morgan fingerprint density at radius 2 is 1.94 bits per heavy atom. The molecule has 0 atom stereocenters.